The predicted octanol–water partition coefficient (Wildman–Crippen LogP) is 2.90. The average Bonchev–Trinajstić information content (AvgIpc) is 2.84. The van der Waals surface area contributed by atoms with Gasteiger partial charge in [0.15, 0.2) is 0 Å². The number of alkyl halides is 2. The highest BCUT2D eigenvalue weighted by molar-refractivity contribution is 5.79. The van der Waals surface area contributed by atoms with E-state index in [1.54, 1.807) is 27.9 Å². The Labute approximate surface area is 122 Å². The highest BCUT2D eigenvalue weighted by Gasteiger charge is 2.35. The third-order valence-electron chi connectivity index (χ3n) is 3.81. The topological polar surface area (TPSA) is 47.1 Å². The van der Waals surface area contributed by atoms with Gasteiger partial charge < -0.3 is 10.6 Å². The molecule has 1 saturated heterocycles. The summed E-state index contributed by atoms with van der Waals surface area (Å²) in [5.41, 5.74) is 9.13. The number of piperidine rings is 1. The van der Waals surface area contributed by atoms with Gasteiger partial charge in [0.25, 0.3) is 5.92 Å². The van der Waals surface area contributed by atoms with Gasteiger partial charge in [-0.25, -0.2) is 8.78 Å². The molecule has 1 aromatic carbocycles. The van der Waals surface area contributed by atoms with Crippen LogP contribution in [0.1, 0.15) is 12.8 Å². The second kappa shape index (κ2) is 5.02. The Kier molecular flexibility index (Phi) is 3.31. The van der Waals surface area contributed by atoms with Crippen LogP contribution in [0.15, 0.2) is 30.6 Å². The molecule has 0 spiro atoms. The summed E-state index contributed by atoms with van der Waals surface area (Å²) in [6, 6.07) is 5.44. The molecule has 2 heterocycles. The number of nitrogen functional groups attached to an aromatic ring is 1. The number of nitrogens with zero attached hydrogens (tertiary/aromatic N) is 3. The SMILES string of the molecule is Cn1cc(-c2cc(N3CCCC(F)(F)C3)ccc2N)cn1. The van der Waals surface area contributed by atoms with Crippen LogP contribution in [0.3, 0.4) is 0 Å². The van der Waals surface area contributed by atoms with E-state index in [9.17, 15) is 8.78 Å². The molecular weight excluding hydrogens is 274 g/mol. The fourth-order valence-corrected chi connectivity index (χ4v) is 2.74. The standard InChI is InChI=1S/C15H18F2N4/c1-20-9-11(8-19-20)13-7-12(3-4-14(13)18)21-6-2-5-15(16,17)10-21/h3-4,7-9H,2,5-6,10,18H2,1H3. The van der Waals surface area contributed by atoms with Crippen molar-refractivity contribution < 1.29 is 8.78 Å². The van der Waals surface area contributed by atoms with Gasteiger partial charge in [-0.3, -0.25) is 4.68 Å². The smallest absolute Gasteiger partial charge is 0.265 e. The summed E-state index contributed by atoms with van der Waals surface area (Å²) in [6.07, 6.45) is 4.05. The zero-order valence-electron chi connectivity index (χ0n) is 11.9. The Bertz CT molecular complexity index is 651. The van der Waals surface area contributed by atoms with Crippen molar-refractivity contribution in [2.24, 2.45) is 7.05 Å². The molecule has 1 aromatic heterocycles. The normalized spacial score (nSPS) is 18.0. The molecule has 21 heavy (non-hydrogen) atoms. The first kappa shape index (κ1) is 13.9. The number of hydrogen-bond acceptors (Lipinski definition) is 3. The largest absolute Gasteiger partial charge is 0.398 e. The molecule has 0 unspecified atom stereocenters. The van der Waals surface area contributed by atoms with Crippen LogP contribution >= 0.6 is 0 Å². The molecule has 0 bridgehead atoms. The van der Waals surface area contributed by atoms with Gasteiger partial charge in [0.2, 0.25) is 0 Å². The van der Waals surface area contributed by atoms with Gasteiger partial charge in [-0.15, -0.1) is 0 Å². The molecule has 1 aliphatic heterocycles. The van der Waals surface area contributed by atoms with Crippen LogP contribution in [0, 0.1) is 0 Å². The summed E-state index contributed by atoms with van der Waals surface area (Å²) in [7, 11) is 1.83. The van der Waals surface area contributed by atoms with Crippen molar-refractivity contribution in [3.8, 4) is 11.1 Å². The van der Waals surface area contributed by atoms with E-state index in [2.05, 4.69) is 5.10 Å². The number of halogens is 2. The number of rotatable bonds is 2. The zero-order chi connectivity index (χ0) is 15.0. The van der Waals surface area contributed by atoms with Crippen LogP contribution in [0.2, 0.25) is 0 Å². The van der Waals surface area contributed by atoms with Crippen molar-refractivity contribution in [1.29, 1.82) is 0 Å². The molecule has 3 rings (SSSR count). The lowest BCUT2D eigenvalue weighted by atomic mass is 10.0. The molecule has 2 N–H and O–H groups in total. The third kappa shape index (κ3) is 2.84. The van der Waals surface area contributed by atoms with Crippen LogP contribution in [-0.4, -0.2) is 28.8 Å². The monoisotopic (exact) mass is 292 g/mol. The summed E-state index contributed by atoms with van der Waals surface area (Å²) < 4.78 is 28.8. The molecule has 2 aromatic rings. The molecule has 0 aliphatic carbocycles. The van der Waals surface area contributed by atoms with Gasteiger partial charge in [0, 0.05) is 48.7 Å². The van der Waals surface area contributed by atoms with E-state index in [1.165, 1.54) is 0 Å². The summed E-state index contributed by atoms with van der Waals surface area (Å²) in [5.74, 6) is -2.62. The van der Waals surface area contributed by atoms with Crippen molar-refractivity contribution in [1.82, 2.24) is 9.78 Å². The summed E-state index contributed by atoms with van der Waals surface area (Å²) in [4.78, 5) is 1.73. The number of aromatic nitrogens is 2. The minimum absolute atomic E-state index is 0.0338. The van der Waals surface area contributed by atoms with Crippen molar-refractivity contribution in [2.45, 2.75) is 18.8 Å². The van der Waals surface area contributed by atoms with Crippen molar-refractivity contribution >= 4 is 11.4 Å². The highest BCUT2D eigenvalue weighted by atomic mass is 19.3. The molecule has 6 heteroatoms. The first-order valence-corrected chi connectivity index (χ1v) is 6.96. The maximum absolute atomic E-state index is 13.6. The quantitative estimate of drug-likeness (QED) is 0.866. The van der Waals surface area contributed by atoms with Gasteiger partial charge in [-0.2, -0.15) is 5.10 Å². The Morgan fingerprint density at radius 3 is 2.81 bits per heavy atom. The van der Waals surface area contributed by atoms with Crippen LogP contribution < -0.4 is 10.6 Å². The van der Waals surface area contributed by atoms with Gasteiger partial charge >= 0.3 is 0 Å². The molecule has 0 radical (unpaired) electrons. The first-order valence-electron chi connectivity index (χ1n) is 6.96. The van der Waals surface area contributed by atoms with E-state index >= 15 is 0 Å². The zero-order valence-corrected chi connectivity index (χ0v) is 11.9. The van der Waals surface area contributed by atoms with Crippen LogP contribution in [-0.2, 0) is 7.05 Å². The Hall–Kier alpha value is -2.11. The van der Waals surface area contributed by atoms with Crippen molar-refractivity contribution in [3.63, 3.8) is 0 Å². The van der Waals surface area contributed by atoms with Crippen LogP contribution in [0.5, 0.6) is 0 Å². The molecule has 1 aliphatic rings. The van der Waals surface area contributed by atoms with Gasteiger partial charge in [0.1, 0.15) is 0 Å². The van der Waals surface area contributed by atoms with Gasteiger partial charge in [0.05, 0.1) is 12.7 Å². The number of aryl methyl sites for hydroxylation is 1. The predicted molar refractivity (Wildman–Crippen MR) is 79.5 cm³/mol. The van der Waals surface area contributed by atoms with E-state index in [-0.39, 0.29) is 13.0 Å². The Morgan fingerprint density at radius 2 is 2.14 bits per heavy atom. The number of hydrogen-bond donors (Lipinski definition) is 1. The van der Waals surface area contributed by atoms with Crippen LogP contribution in [0.25, 0.3) is 11.1 Å². The number of nitrogens with two attached hydrogens (primary N) is 1. The van der Waals surface area contributed by atoms with Crippen molar-refractivity contribution in [3.05, 3.63) is 30.6 Å². The van der Waals surface area contributed by atoms with E-state index in [0.29, 0.717) is 18.7 Å². The summed E-state index contributed by atoms with van der Waals surface area (Å²) >= 11 is 0. The summed E-state index contributed by atoms with van der Waals surface area (Å²) in [6.45, 7) is 0.412. The lowest BCUT2D eigenvalue weighted by Crippen LogP contribution is -2.42. The molecule has 1 fully saturated rings. The minimum atomic E-state index is -2.62. The second-order valence-corrected chi connectivity index (χ2v) is 5.56. The third-order valence-corrected chi connectivity index (χ3v) is 3.81. The fourth-order valence-electron chi connectivity index (χ4n) is 2.74. The van der Waals surface area contributed by atoms with Gasteiger partial charge in [-0.05, 0) is 24.6 Å². The molecule has 112 valence electrons. The fraction of sp³-hybridized carbons (Fsp3) is 0.400. The Morgan fingerprint density at radius 1 is 1.33 bits per heavy atom. The van der Waals surface area contributed by atoms with E-state index in [4.69, 9.17) is 5.73 Å². The number of anilines is 2. The molecular formula is C15H18F2N4. The second-order valence-electron chi connectivity index (χ2n) is 5.56. The molecule has 0 atom stereocenters. The highest BCUT2D eigenvalue weighted by Crippen LogP contribution is 2.34. The van der Waals surface area contributed by atoms with E-state index in [1.807, 2.05) is 19.3 Å². The Balaban J connectivity index is 1.94. The minimum Gasteiger partial charge on any atom is -0.398 e. The lowest BCUT2D eigenvalue weighted by molar-refractivity contribution is -0.0116. The first-order chi connectivity index (χ1) is 9.94. The maximum atomic E-state index is 13.6. The van der Waals surface area contributed by atoms with Crippen molar-refractivity contribution in [2.75, 3.05) is 23.7 Å². The molecule has 0 saturated carbocycles. The summed E-state index contributed by atoms with van der Waals surface area (Å²) in [5, 5.41) is 4.13. The van der Waals surface area contributed by atoms with Crippen LogP contribution in [0.4, 0.5) is 20.2 Å². The maximum Gasteiger partial charge on any atom is 0.265 e. The number of benzene rings is 1. The molecule has 0 amide bonds. The van der Waals surface area contributed by atoms with Gasteiger partial charge in [-0.1, -0.05) is 0 Å². The lowest BCUT2D eigenvalue weighted by Gasteiger charge is -2.34. The molecule has 4 nitrogen and oxygen atoms in total. The average molecular weight is 292 g/mol. The van der Waals surface area contributed by atoms with E-state index < -0.39 is 5.92 Å². The van der Waals surface area contributed by atoms with E-state index in [0.717, 1.165) is 16.8 Å².